The minimum atomic E-state index is 0.678. The van der Waals surface area contributed by atoms with E-state index < -0.39 is 0 Å². The number of rotatable bonds is 2. The largest absolute Gasteiger partial charge is 0.438 e. The smallest absolute Gasteiger partial charge is 0.227 e. The van der Waals surface area contributed by atoms with Crippen molar-refractivity contribution >= 4 is 11.1 Å². The summed E-state index contributed by atoms with van der Waals surface area (Å²) in [7, 11) is 0. The van der Waals surface area contributed by atoms with Crippen LogP contribution in [0.5, 0.6) is 0 Å². The number of furan rings is 1. The first kappa shape index (κ1) is 12.8. The van der Waals surface area contributed by atoms with E-state index in [9.17, 15) is 0 Å². The van der Waals surface area contributed by atoms with E-state index in [1.807, 2.05) is 30.3 Å². The quantitative estimate of drug-likeness (QED) is 0.488. The van der Waals surface area contributed by atoms with Gasteiger partial charge in [0.05, 0.1) is 5.69 Å². The van der Waals surface area contributed by atoms with Crippen LogP contribution in [0.1, 0.15) is 5.56 Å². The van der Waals surface area contributed by atoms with Gasteiger partial charge in [-0.3, -0.25) is 0 Å². The Bertz CT molecular complexity index is 921. The van der Waals surface area contributed by atoms with Crippen LogP contribution in [0.4, 0.5) is 0 Å². The van der Waals surface area contributed by atoms with Crippen molar-refractivity contribution in [1.29, 1.82) is 0 Å². The van der Waals surface area contributed by atoms with Crippen molar-refractivity contribution in [2.45, 2.75) is 6.92 Å². The number of hydrogen-bond donors (Lipinski definition) is 0. The second kappa shape index (κ2) is 5.15. The van der Waals surface area contributed by atoms with Crippen LogP contribution in [0.15, 0.2) is 77.2 Å². The van der Waals surface area contributed by atoms with Crippen LogP contribution in [0.3, 0.4) is 0 Å². The summed E-state index contributed by atoms with van der Waals surface area (Å²) in [6.07, 6.45) is 0. The lowest BCUT2D eigenvalue weighted by Crippen LogP contribution is -1.82. The molecule has 0 aliphatic rings. The van der Waals surface area contributed by atoms with Gasteiger partial charge in [-0.15, -0.1) is 0 Å². The zero-order chi connectivity index (χ0) is 14.9. The highest BCUT2D eigenvalue weighted by atomic mass is 16.3. The molecule has 0 saturated heterocycles. The molecule has 0 unspecified atom stereocenters. The molecule has 22 heavy (non-hydrogen) atoms. The van der Waals surface area contributed by atoms with Gasteiger partial charge in [-0.05, 0) is 25.1 Å². The van der Waals surface area contributed by atoms with Gasteiger partial charge in [-0.2, -0.15) is 0 Å². The van der Waals surface area contributed by atoms with Crippen molar-refractivity contribution in [3.8, 4) is 22.6 Å². The minimum Gasteiger partial charge on any atom is -0.438 e. The standard InChI is InChI=1S/C20H15NO/c1-14-7-9-16(10-8-14)19-13-17-11-12-18(21-20(17)22-19)15-5-3-2-4-6-15/h2-13H,1H3. The monoisotopic (exact) mass is 285 g/mol. The fourth-order valence-electron chi connectivity index (χ4n) is 2.55. The lowest BCUT2D eigenvalue weighted by Gasteiger charge is -1.99. The summed E-state index contributed by atoms with van der Waals surface area (Å²) in [5.74, 6) is 0.854. The molecule has 0 spiro atoms. The fourth-order valence-corrected chi connectivity index (χ4v) is 2.55. The zero-order valence-electron chi connectivity index (χ0n) is 12.3. The molecule has 0 atom stereocenters. The highest BCUT2D eigenvalue weighted by Crippen LogP contribution is 2.29. The summed E-state index contributed by atoms with van der Waals surface area (Å²) < 4.78 is 5.94. The van der Waals surface area contributed by atoms with Crippen LogP contribution in [-0.4, -0.2) is 4.98 Å². The van der Waals surface area contributed by atoms with Crippen molar-refractivity contribution in [2.24, 2.45) is 0 Å². The van der Waals surface area contributed by atoms with Crippen LogP contribution < -0.4 is 0 Å². The SMILES string of the molecule is Cc1ccc(-c2cc3ccc(-c4ccccc4)nc3o2)cc1. The van der Waals surface area contributed by atoms with Crippen LogP contribution in [-0.2, 0) is 0 Å². The number of nitrogens with zero attached hydrogens (tertiary/aromatic N) is 1. The van der Waals surface area contributed by atoms with Crippen LogP contribution in [0, 0.1) is 6.92 Å². The van der Waals surface area contributed by atoms with E-state index in [1.54, 1.807) is 0 Å². The van der Waals surface area contributed by atoms with Gasteiger partial charge < -0.3 is 4.42 Å². The molecule has 0 bridgehead atoms. The molecule has 2 aromatic heterocycles. The molecule has 4 rings (SSSR count). The van der Waals surface area contributed by atoms with E-state index in [-0.39, 0.29) is 0 Å². The van der Waals surface area contributed by atoms with Crippen LogP contribution in [0.2, 0.25) is 0 Å². The van der Waals surface area contributed by atoms with E-state index in [0.717, 1.165) is 28.0 Å². The Morgan fingerprint density at radius 2 is 1.55 bits per heavy atom. The van der Waals surface area contributed by atoms with Gasteiger partial charge in [-0.1, -0.05) is 60.2 Å². The first-order chi connectivity index (χ1) is 10.8. The molecular formula is C20H15NO. The van der Waals surface area contributed by atoms with E-state index >= 15 is 0 Å². The van der Waals surface area contributed by atoms with Gasteiger partial charge in [-0.25, -0.2) is 4.98 Å². The molecule has 2 heteroatoms. The van der Waals surface area contributed by atoms with Crippen molar-refractivity contribution in [3.05, 3.63) is 78.4 Å². The van der Waals surface area contributed by atoms with Crippen molar-refractivity contribution in [2.75, 3.05) is 0 Å². The van der Waals surface area contributed by atoms with Crippen molar-refractivity contribution in [3.63, 3.8) is 0 Å². The molecule has 4 aromatic rings. The predicted molar refractivity (Wildman–Crippen MR) is 89.6 cm³/mol. The molecule has 0 N–H and O–H groups in total. The number of benzene rings is 2. The molecule has 0 fully saturated rings. The Hall–Kier alpha value is -2.87. The average molecular weight is 285 g/mol. The maximum Gasteiger partial charge on any atom is 0.227 e. The first-order valence-corrected chi connectivity index (χ1v) is 7.33. The normalized spacial score (nSPS) is 11.0. The molecule has 2 heterocycles. The van der Waals surface area contributed by atoms with Gasteiger partial charge in [0.2, 0.25) is 5.71 Å². The van der Waals surface area contributed by atoms with Gasteiger partial charge in [0.1, 0.15) is 5.76 Å². The summed E-state index contributed by atoms with van der Waals surface area (Å²) in [5.41, 5.74) is 5.02. The molecule has 0 amide bonds. The molecule has 0 aliphatic carbocycles. The number of hydrogen-bond acceptors (Lipinski definition) is 2. The first-order valence-electron chi connectivity index (χ1n) is 7.33. The van der Waals surface area contributed by atoms with E-state index in [0.29, 0.717) is 5.71 Å². The Balaban J connectivity index is 1.80. The summed E-state index contributed by atoms with van der Waals surface area (Å²) in [5, 5.41) is 1.02. The third-order valence-electron chi connectivity index (χ3n) is 3.79. The summed E-state index contributed by atoms with van der Waals surface area (Å²) >= 11 is 0. The molecule has 2 aromatic carbocycles. The lowest BCUT2D eigenvalue weighted by atomic mass is 10.1. The predicted octanol–water partition coefficient (Wildman–Crippen LogP) is 5.47. The highest BCUT2D eigenvalue weighted by Gasteiger charge is 2.08. The molecule has 0 saturated carbocycles. The number of fused-ring (bicyclic) bond motifs is 1. The number of pyridine rings is 1. The Morgan fingerprint density at radius 3 is 2.32 bits per heavy atom. The highest BCUT2D eigenvalue weighted by molar-refractivity contribution is 5.82. The van der Waals surface area contributed by atoms with Gasteiger partial charge in [0.25, 0.3) is 0 Å². The topological polar surface area (TPSA) is 26.0 Å². The maximum atomic E-state index is 5.94. The molecular weight excluding hydrogens is 270 g/mol. The second-order valence-electron chi connectivity index (χ2n) is 5.43. The Kier molecular flexibility index (Phi) is 3.01. The second-order valence-corrected chi connectivity index (χ2v) is 5.43. The zero-order valence-corrected chi connectivity index (χ0v) is 12.3. The molecule has 0 aliphatic heterocycles. The van der Waals surface area contributed by atoms with E-state index in [4.69, 9.17) is 4.42 Å². The van der Waals surface area contributed by atoms with Gasteiger partial charge in [0.15, 0.2) is 0 Å². The van der Waals surface area contributed by atoms with Crippen molar-refractivity contribution in [1.82, 2.24) is 4.98 Å². The fraction of sp³-hybridized carbons (Fsp3) is 0.0500. The van der Waals surface area contributed by atoms with Gasteiger partial charge >= 0.3 is 0 Å². The van der Waals surface area contributed by atoms with Crippen LogP contribution >= 0.6 is 0 Å². The maximum absolute atomic E-state index is 5.94. The third kappa shape index (κ3) is 2.29. The molecule has 106 valence electrons. The molecule has 0 radical (unpaired) electrons. The average Bonchev–Trinajstić information content (AvgIpc) is 2.99. The number of aryl methyl sites for hydroxylation is 1. The van der Waals surface area contributed by atoms with E-state index in [2.05, 4.69) is 54.4 Å². The van der Waals surface area contributed by atoms with E-state index in [1.165, 1.54) is 5.56 Å². The van der Waals surface area contributed by atoms with Gasteiger partial charge in [0, 0.05) is 16.5 Å². The summed E-state index contributed by atoms with van der Waals surface area (Å²) in [4.78, 5) is 4.64. The molecule has 2 nitrogen and oxygen atoms in total. The lowest BCUT2D eigenvalue weighted by molar-refractivity contribution is 0.619. The Labute approximate surface area is 129 Å². The third-order valence-corrected chi connectivity index (χ3v) is 3.79. The number of aromatic nitrogens is 1. The summed E-state index contributed by atoms with van der Waals surface area (Å²) in [6, 6.07) is 24.6. The summed E-state index contributed by atoms with van der Waals surface area (Å²) in [6.45, 7) is 2.08. The Morgan fingerprint density at radius 1 is 0.773 bits per heavy atom. The van der Waals surface area contributed by atoms with Crippen molar-refractivity contribution < 1.29 is 4.42 Å². The van der Waals surface area contributed by atoms with Crippen LogP contribution in [0.25, 0.3) is 33.7 Å². The minimum absolute atomic E-state index is 0.678.